The van der Waals surface area contributed by atoms with Gasteiger partial charge in [0.05, 0.1) is 22.8 Å². The first-order valence-electron chi connectivity index (χ1n) is 7.15. The van der Waals surface area contributed by atoms with Crippen LogP contribution in [-0.2, 0) is 11.3 Å². The van der Waals surface area contributed by atoms with E-state index in [2.05, 4.69) is 15.3 Å². The lowest BCUT2D eigenvalue weighted by molar-refractivity contribution is -0.120. The molecular formula is C17H17N3OS. The molecule has 22 heavy (non-hydrogen) atoms. The van der Waals surface area contributed by atoms with Gasteiger partial charge in [0.2, 0.25) is 5.91 Å². The predicted molar refractivity (Wildman–Crippen MR) is 89.7 cm³/mol. The number of nitrogens with zero attached hydrogens (tertiary/aromatic N) is 1. The summed E-state index contributed by atoms with van der Waals surface area (Å²) in [7, 11) is 0. The summed E-state index contributed by atoms with van der Waals surface area (Å²) in [5.41, 5.74) is 1.90. The minimum atomic E-state index is -0.147. The van der Waals surface area contributed by atoms with Gasteiger partial charge < -0.3 is 10.3 Å². The molecule has 0 aliphatic heterocycles. The molecule has 112 valence electrons. The van der Waals surface area contributed by atoms with Crippen molar-refractivity contribution >= 4 is 28.7 Å². The summed E-state index contributed by atoms with van der Waals surface area (Å²) in [5.74, 6) is 0.778. The summed E-state index contributed by atoms with van der Waals surface area (Å²) in [6.45, 7) is 2.32. The van der Waals surface area contributed by atoms with Gasteiger partial charge in [-0.1, -0.05) is 30.3 Å². The molecule has 1 aromatic heterocycles. The predicted octanol–water partition coefficient (Wildman–Crippen LogP) is 3.36. The summed E-state index contributed by atoms with van der Waals surface area (Å²) in [6, 6.07) is 17.8. The molecule has 0 aliphatic carbocycles. The van der Waals surface area contributed by atoms with Crippen LogP contribution < -0.4 is 5.32 Å². The van der Waals surface area contributed by atoms with Crippen LogP contribution in [0, 0.1) is 0 Å². The lowest BCUT2D eigenvalue weighted by Gasteiger charge is -2.11. The van der Waals surface area contributed by atoms with Gasteiger partial charge >= 0.3 is 0 Å². The van der Waals surface area contributed by atoms with E-state index < -0.39 is 0 Å². The second kappa shape index (κ2) is 6.66. The number of imidazole rings is 1. The van der Waals surface area contributed by atoms with Crippen molar-refractivity contribution in [1.82, 2.24) is 15.3 Å². The van der Waals surface area contributed by atoms with Gasteiger partial charge in [-0.05, 0) is 31.2 Å². The van der Waals surface area contributed by atoms with Gasteiger partial charge in [0.1, 0.15) is 5.82 Å². The second-order valence-electron chi connectivity index (χ2n) is 4.99. The van der Waals surface area contributed by atoms with E-state index in [4.69, 9.17) is 0 Å². The normalized spacial score (nSPS) is 12.2. The van der Waals surface area contributed by atoms with Gasteiger partial charge in [-0.3, -0.25) is 4.79 Å². The first-order valence-corrected chi connectivity index (χ1v) is 8.03. The number of thioether (sulfide) groups is 1. The molecule has 2 aromatic carbocycles. The molecule has 2 N–H and O–H groups in total. The van der Waals surface area contributed by atoms with E-state index in [1.807, 2.05) is 61.5 Å². The number of nitrogens with one attached hydrogen (secondary N) is 2. The zero-order valence-corrected chi connectivity index (χ0v) is 13.1. The van der Waals surface area contributed by atoms with Crippen LogP contribution in [0.3, 0.4) is 0 Å². The molecule has 3 aromatic rings. The Bertz CT molecular complexity index is 737. The highest BCUT2D eigenvalue weighted by molar-refractivity contribution is 8.00. The second-order valence-corrected chi connectivity index (χ2v) is 6.41. The Morgan fingerprint density at radius 1 is 1.18 bits per heavy atom. The number of fused-ring (bicyclic) bond motifs is 1. The van der Waals surface area contributed by atoms with E-state index in [-0.39, 0.29) is 11.2 Å². The highest BCUT2D eigenvalue weighted by Crippen LogP contribution is 2.22. The number of H-pyrrole nitrogens is 1. The van der Waals surface area contributed by atoms with E-state index in [9.17, 15) is 4.79 Å². The Balaban J connectivity index is 1.57. The molecule has 4 nitrogen and oxygen atoms in total. The molecule has 1 atom stereocenters. The Labute approximate surface area is 133 Å². The summed E-state index contributed by atoms with van der Waals surface area (Å²) < 4.78 is 0. The molecule has 0 spiro atoms. The highest BCUT2D eigenvalue weighted by Gasteiger charge is 2.14. The third kappa shape index (κ3) is 3.49. The highest BCUT2D eigenvalue weighted by atomic mass is 32.2. The van der Waals surface area contributed by atoms with Crippen molar-refractivity contribution in [3.8, 4) is 0 Å². The van der Waals surface area contributed by atoms with Crippen LogP contribution in [0.25, 0.3) is 11.0 Å². The van der Waals surface area contributed by atoms with Crippen molar-refractivity contribution in [2.24, 2.45) is 0 Å². The number of hydrogen-bond acceptors (Lipinski definition) is 3. The van der Waals surface area contributed by atoms with Gasteiger partial charge in [-0.15, -0.1) is 11.8 Å². The van der Waals surface area contributed by atoms with Crippen LogP contribution in [-0.4, -0.2) is 21.1 Å². The quantitative estimate of drug-likeness (QED) is 0.710. The molecule has 0 bridgehead atoms. The van der Waals surface area contributed by atoms with Crippen LogP contribution >= 0.6 is 11.8 Å². The summed E-state index contributed by atoms with van der Waals surface area (Å²) in [6.07, 6.45) is 0. The topological polar surface area (TPSA) is 57.8 Å². The minimum absolute atomic E-state index is 0.00862. The fraction of sp³-hybridized carbons (Fsp3) is 0.176. The van der Waals surface area contributed by atoms with E-state index in [0.717, 1.165) is 21.8 Å². The number of aromatic amines is 1. The smallest absolute Gasteiger partial charge is 0.233 e. The summed E-state index contributed by atoms with van der Waals surface area (Å²) in [4.78, 5) is 20.9. The van der Waals surface area contributed by atoms with Crippen molar-refractivity contribution in [1.29, 1.82) is 0 Å². The average Bonchev–Trinajstić information content (AvgIpc) is 2.96. The lowest BCUT2D eigenvalue weighted by atomic mass is 10.3. The Morgan fingerprint density at radius 2 is 1.91 bits per heavy atom. The molecule has 0 aliphatic rings. The maximum atomic E-state index is 12.2. The van der Waals surface area contributed by atoms with Gasteiger partial charge in [-0.25, -0.2) is 4.98 Å². The molecule has 3 rings (SSSR count). The molecule has 0 fully saturated rings. The molecule has 0 saturated heterocycles. The first-order chi connectivity index (χ1) is 10.7. The monoisotopic (exact) mass is 311 g/mol. The van der Waals surface area contributed by atoms with Crippen molar-refractivity contribution in [3.05, 3.63) is 60.4 Å². The van der Waals surface area contributed by atoms with E-state index in [0.29, 0.717) is 6.54 Å². The van der Waals surface area contributed by atoms with Crippen molar-refractivity contribution in [2.45, 2.75) is 23.6 Å². The van der Waals surface area contributed by atoms with Crippen LogP contribution in [0.4, 0.5) is 0 Å². The fourth-order valence-corrected chi connectivity index (χ4v) is 3.07. The van der Waals surface area contributed by atoms with Gasteiger partial charge in [0, 0.05) is 4.90 Å². The average molecular weight is 311 g/mol. The third-order valence-corrected chi connectivity index (χ3v) is 4.41. The van der Waals surface area contributed by atoms with Crippen LogP contribution in [0.15, 0.2) is 59.5 Å². The number of benzene rings is 2. The van der Waals surface area contributed by atoms with E-state index in [1.54, 1.807) is 11.8 Å². The molecule has 1 unspecified atom stereocenters. The molecule has 5 heteroatoms. The minimum Gasteiger partial charge on any atom is -0.348 e. The van der Waals surface area contributed by atoms with Gasteiger partial charge in [0.25, 0.3) is 0 Å². The number of carbonyl (C=O) groups is 1. The van der Waals surface area contributed by atoms with Crippen molar-refractivity contribution in [2.75, 3.05) is 0 Å². The van der Waals surface area contributed by atoms with Gasteiger partial charge in [0.15, 0.2) is 0 Å². The maximum Gasteiger partial charge on any atom is 0.233 e. The molecule has 0 radical (unpaired) electrons. The summed E-state index contributed by atoms with van der Waals surface area (Å²) in [5, 5.41) is 2.78. The van der Waals surface area contributed by atoms with Crippen molar-refractivity contribution in [3.63, 3.8) is 0 Å². The van der Waals surface area contributed by atoms with Crippen LogP contribution in [0.2, 0.25) is 0 Å². The van der Waals surface area contributed by atoms with Crippen molar-refractivity contribution < 1.29 is 4.79 Å². The Kier molecular flexibility index (Phi) is 4.44. The zero-order chi connectivity index (χ0) is 15.4. The number of hydrogen-bond donors (Lipinski definition) is 2. The number of amides is 1. The molecule has 1 heterocycles. The Hall–Kier alpha value is -2.27. The van der Waals surface area contributed by atoms with E-state index in [1.165, 1.54) is 0 Å². The fourth-order valence-electron chi connectivity index (χ4n) is 2.16. The maximum absolute atomic E-state index is 12.2. The summed E-state index contributed by atoms with van der Waals surface area (Å²) >= 11 is 1.55. The third-order valence-electron chi connectivity index (χ3n) is 3.29. The largest absolute Gasteiger partial charge is 0.348 e. The first kappa shape index (κ1) is 14.7. The van der Waals surface area contributed by atoms with E-state index >= 15 is 0 Å². The number of carbonyl (C=O) groups excluding carboxylic acids is 1. The number of rotatable bonds is 5. The SMILES string of the molecule is CC(Sc1ccccc1)C(=O)NCc1nc2ccccc2[nH]1. The zero-order valence-electron chi connectivity index (χ0n) is 12.2. The number of para-hydroxylation sites is 2. The molecular weight excluding hydrogens is 294 g/mol. The lowest BCUT2D eigenvalue weighted by Crippen LogP contribution is -2.30. The number of aromatic nitrogens is 2. The van der Waals surface area contributed by atoms with Crippen LogP contribution in [0.5, 0.6) is 0 Å². The van der Waals surface area contributed by atoms with Crippen LogP contribution in [0.1, 0.15) is 12.7 Å². The molecule has 0 saturated carbocycles. The Morgan fingerprint density at radius 3 is 2.68 bits per heavy atom. The molecule has 1 amide bonds. The van der Waals surface area contributed by atoms with Gasteiger partial charge in [-0.2, -0.15) is 0 Å². The standard InChI is InChI=1S/C17H17N3OS/c1-12(22-13-7-3-2-4-8-13)17(21)18-11-16-19-14-9-5-6-10-15(14)20-16/h2-10,12H,11H2,1H3,(H,18,21)(H,19,20).